The molecule has 2 heterocycles. The van der Waals surface area contributed by atoms with Crippen molar-refractivity contribution in [3.63, 3.8) is 0 Å². The summed E-state index contributed by atoms with van der Waals surface area (Å²) in [5.74, 6) is 2.11. The van der Waals surface area contributed by atoms with E-state index in [4.69, 9.17) is 4.52 Å². The number of carbonyl (C=O) groups excluding carboxylic acids is 1. The second-order valence-electron chi connectivity index (χ2n) is 4.60. The van der Waals surface area contributed by atoms with Crippen LogP contribution in [0, 0.1) is 20.8 Å². The van der Waals surface area contributed by atoms with Crippen LogP contribution in [0.1, 0.15) is 27.5 Å². The van der Waals surface area contributed by atoms with Gasteiger partial charge in [-0.1, -0.05) is 5.16 Å². The molecule has 6 heteroatoms. The van der Waals surface area contributed by atoms with Crippen LogP contribution in [-0.2, 0) is 17.1 Å². The summed E-state index contributed by atoms with van der Waals surface area (Å²) in [7, 11) is 0. The number of aromatic nitrogens is 1. The highest BCUT2D eigenvalue weighted by molar-refractivity contribution is 7.99. The highest BCUT2D eigenvalue weighted by Crippen LogP contribution is 2.19. The van der Waals surface area contributed by atoms with Gasteiger partial charge >= 0.3 is 0 Å². The molecule has 0 aromatic carbocycles. The van der Waals surface area contributed by atoms with Gasteiger partial charge in [0.1, 0.15) is 5.76 Å². The van der Waals surface area contributed by atoms with Gasteiger partial charge in [0, 0.05) is 16.2 Å². The van der Waals surface area contributed by atoms with Gasteiger partial charge in [-0.3, -0.25) is 4.79 Å². The molecule has 2 aromatic rings. The molecule has 0 aliphatic rings. The first-order valence-electron chi connectivity index (χ1n) is 6.37. The van der Waals surface area contributed by atoms with Crippen LogP contribution in [0.5, 0.6) is 0 Å². The zero-order valence-electron chi connectivity index (χ0n) is 11.9. The first kappa shape index (κ1) is 15.1. The summed E-state index contributed by atoms with van der Waals surface area (Å²) in [4.78, 5) is 13.0. The molecule has 2 aromatic heterocycles. The van der Waals surface area contributed by atoms with E-state index in [0.29, 0.717) is 12.3 Å². The average Bonchev–Trinajstić information content (AvgIpc) is 2.96. The van der Waals surface area contributed by atoms with Crippen LogP contribution in [-0.4, -0.2) is 16.8 Å². The van der Waals surface area contributed by atoms with E-state index in [1.807, 2.05) is 19.2 Å². The summed E-state index contributed by atoms with van der Waals surface area (Å²) >= 11 is 3.26. The second-order valence-corrected chi connectivity index (χ2v) is 6.59. The van der Waals surface area contributed by atoms with Gasteiger partial charge in [0.05, 0.1) is 18.0 Å². The van der Waals surface area contributed by atoms with Gasteiger partial charge in [-0.05, 0) is 37.8 Å². The first-order valence-corrected chi connectivity index (χ1v) is 8.40. The van der Waals surface area contributed by atoms with Crippen molar-refractivity contribution in [2.45, 2.75) is 33.1 Å². The molecule has 0 aliphatic heterocycles. The van der Waals surface area contributed by atoms with Gasteiger partial charge in [0.15, 0.2) is 0 Å². The van der Waals surface area contributed by atoms with Gasteiger partial charge in [-0.15, -0.1) is 23.1 Å². The standard InChI is InChI=1S/C14H18N2O2S2/c1-9-4-5-20-13(9)6-15-14(17)8-19-7-12-10(2)16-18-11(12)3/h4-5H,6-8H2,1-3H3,(H,15,17). The van der Waals surface area contributed by atoms with E-state index >= 15 is 0 Å². The molecule has 20 heavy (non-hydrogen) atoms. The fourth-order valence-corrected chi connectivity index (χ4v) is 3.62. The third kappa shape index (κ3) is 3.86. The minimum Gasteiger partial charge on any atom is -0.361 e. The van der Waals surface area contributed by atoms with Crippen molar-refractivity contribution in [3.8, 4) is 0 Å². The molecule has 0 unspecified atom stereocenters. The molecule has 1 amide bonds. The number of hydrogen-bond acceptors (Lipinski definition) is 5. The molecule has 1 N–H and O–H groups in total. The minimum absolute atomic E-state index is 0.0644. The third-order valence-electron chi connectivity index (χ3n) is 3.08. The van der Waals surface area contributed by atoms with Crippen LogP contribution in [0.25, 0.3) is 0 Å². The Kier molecular flexibility index (Phi) is 5.25. The van der Waals surface area contributed by atoms with Gasteiger partial charge in [0.2, 0.25) is 5.91 Å². The normalized spacial score (nSPS) is 10.8. The Labute approximate surface area is 126 Å². The number of aryl methyl sites for hydroxylation is 3. The SMILES string of the molecule is Cc1ccsc1CNC(=O)CSCc1c(C)noc1C. The molecular formula is C14H18N2O2S2. The predicted octanol–water partition coefficient (Wildman–Crippen LogP) is 3.21. The van der Waals surface area contributed by atoms with Gasteiger partial charge in [-0.25, -0.2) is 0 Å². The Morgan fingerprint density at radius 3 is 2.85 bits per heavy atom. The van der Waals surface area contributed by atoms with Gasteiger partial charge < -0.3 is 9.84 Å². The lowest BCUT2D eigenvalue weighted by Gasteiger charge is -2.04. The summed E-state index contributed by atoms with van der Waals surface area (Å²) in [6.45, 7) is 6.50. The molecule has 0 bridgehead atoms. The molecule has 0 spiro atoms. The van der Waals surface area contributed by atoms with E-state index < -0.39 is 0 Å². The van der Waals surface area contributed by atoms with E-state index in [1.165, 1.54) is 10.4 Å². The summed E-state index contributed by atoms with van der Waals surface area (Å²) in [5.41, 5.74) is 3.24. The number of thioether (sulfide) groups is 1. The first-order chi connectivity index (χ1) is 9.58. The molecule has 0 radical (unpaired) electrons. The van der Waals surface area contributed by atoms with Crippen molar-refractivity contribution < 1.29 is 9.32 Å². The number of thiophene rings is 1. The molecular weight excluding hydrogens is 292 g/mol. The van der Waals surface area contributed by atoms with Crippen molar-refractivity contribution in [2.75, 3.05) is 5.75 Å². The van der Waals surface area contributed by atoms with Crippen molar-refractivity contribution >= 4 is 29.0 Å². The Morgan fingerprint density at radius 1 is 1.45 bits per heavy atom. The lowest BCUT2D eigenvalue weighted by Crippen LogP contribution is -2.24. The predicted molar refractivity (Wildman–Crippen MR) is 83.0 cm³/mol. The van der Waals surface area contributed by atoms with E-state index in [1.54, 1.807) is 23.1 Å². The largest absolute Gasteiger partial charge is 0.361 e. The van der Waals surface area contributed by atoms with Crippen LogP contribution in [0.15, 0.2) is 16.0 Å². The van der Waals surface area contributed by atoms with E-state index in [2.05, 4.69) is 23.5 Å². The number of rotatable bonds is 6. The van der Waals surface area contributed by atoms with Gasteiger partial charge in [0.25, 0.3) is 0 Å². The monoisotopic (exact) mass is 310 g/mol. The maximum absolute atomic E-state index is 11.8. The van der Waals surface area contributed by atoms with Gasteiger partial charge in [-0.2, -0.15) is 0 Å². The molecule has 0 atom stereocenters. The maximum Gasteiger partial charge on any atom is 0.230 e. The molecule has 0 aliphatic carbocycles. The molecule has 2 rings (SSSR count). The fraction of sp³-hybridized carbons (Fsp3) is 0.429. The lowest BCUT2D eigenvalue weighted by atomic mass is 10.2. The van der Waals surface area contributed by atoms with Crippen molar-refractivity contribution in [1.29, 1.82) is 0 Å². The Balaban J connectivity index is 1.72. The lowest BCUT2D eigenvalue weighted by molar-refractivity contribution is -0.118. The summed E-state index contributed by atoms with van der Waals surface area (Å²) < 4.78 is 5.10. The smallest absolute Gasteiger partial charge is 0.230 e. The number of hydrogen-bond donors (Lipinski definition) is 1. The number of nitrogens with one attached hydrogen (secondary N) is 1. The number of nitrogens with zero attached hydrogens (tertiary/aromatic N) is 1. The third-order valence-corrected chi connectivity index (χ3v) is 5.06. The molecule has 108 valence electrons. The Hall–Kier alpha value is -1.27. The minimum atomic E-state index is 0.0644. The van der Waals surface area contributed by atoms with Crippen molar-refractivity contribution in [2.24, 2.45) is 0 Å². The van der Waals surface area contributed by atoms with Crippen LogP contribution in [0.2, 0.25) is 0 Å². The fourth-order valence-electron chi connectivity index (χ4n) is 1.77. The van der Waals surface area contributed by atoms with Crippen LogP contribution in [0.4, 0.5) is 0 Å². The highest BCUT2D eigenvalue weighted by Gasteiger charge is 2.10. The van der Waals surface area contributed by atoms with Crippen molar-refractivity contribution in [3.05, 3.63) is 38.9 Å². The van der Waals surface area contributed by atoms with Crippen LogP contribution < -0.4 is 5.32 Å². The quantitative estimate of drug-likeness (QED) is 0.890. The zero-order chi connectivity index (χ0) is 14.5. The van der Waals surface area contributed by atoms with Crippen molar-refractivity contribution in [1.82, 2.24) is 10.5 Å². The molecule has 0 saturated carbocycles. The second kappa shape index (κ2) is 6.95. The topological polar surface area (TPSA) is 55.1 Å². The number of amides is 1. The highest BCUT2D eigenvalue weighted by atomic mass is 32.2. The average molecular weight is 310 g/mol. The van der Waals surface area contributed by atoms with Crippen LogP contribution >= 0.6 is 23.1 Å². The summed E-state index contributed by atoms with van der Waals surface area (Å²) in [6.07, 6.45) is 0. The Morgan fingerprint density at radius 2 is 2.25 bits per heavy atom. The van der Waals surface area contributed by atoms with E-state index in [0.717, 1.165) is 22.8 Å². The summed E-state index contributed by atoms with van der Waals surface area (Å²) in [5, 5.41) is 8.90. The molecule has 0 saturated heterocycles. The zero-order valence-corrected chi connectivity index (χ0v) is 13.5. The number of carbonyl (C=O) groups is 1. The van der Waals surface area contributed by atoms with E-state index in [-0.39, 0.29) is 5.91 Å². The van der Waals surface area contributed by atoms with E-state index in [9.17, 15) is 4.79 Å². The van der Waals surface area contributed by atoms with Crippen LogP contribution in [0.3, 0.4) is 0 Å². The Bertz CT molecular complexity index is 570. The molecule has 0 fully saturated rings. The summed E-state index contributed by atoms with van der Waals surface area (Å²) in [6, 6.07) is 2.07. The molecule has 4 nitrogen and oxygen atoms in total. The maximum atomic E-state index is 11.8.